The highest BCUT2D eigenvalue weighted by atomic mass is 79.9. The monoisotopic (exact) mass is 494 g/mol. The van der Waals surface area contributed by atoms with Crippen LogP contribution in [-0.4, -0.2) is 39.7 Å². The lowest BCUT2D eigenvalue weighted by Gasteiger charge is -2.32. The normalized spacial score (nSPS) is 13.4. The maximum Gasteiger partial charge on any atom is 0.411 e. The largest absolute Gasteiger partial charge is 0.479 e. The van der Waals surface area contributed by atoms with Crippen molar-refractivity contribution in [3.8, 4) is 11.1 Å². The molecule has 4 rings (SSSR count). The van der Waals surface area contributed by atoms with Gasteiger partial charge in [0.15, 0.2) is 6.04 Å². The molecule has 0 saturated heterocycles. The second-order valence-electron chi connectivity index (χ2n) is 7.98. The predicted octanol–water partition coefficient (Wildman–Crippen LogP) is 5.63. The third-order valence-electron chi connectivity index (χ3n) is 5.66. The van der Waals surface area contributed by atoms with E-state index in [2.05, 4.69) is 33.0 Å². The van der Waals surface area contributed by atoms with Crippen molar-refractivity contribution in [2.45, 2.75) is 31.8 Å². The molecule has 1 aliphatic rings. The zero-order chi connectivity index (χ0) is 22.8. The fourth-order valence-corrected chi connectivity index (χ4v) is 4.67. The molecule has 1 aliphatic carbocycles. The number of carbonyl (C=O) groups excluding carboxylic acids is 1. The van der Waals surface area contributed by atoms with Gasteiger partial charge in [-0.3, -0.25) is 9.88 Å². The van der Waals surface area contributed by atoms with E-state index in [9.17, 15) is 14.7 Å². The molecule has 32 heavy (non-hydrogen) atoms. The Morgan fingerprint density at radius 1 is 1.06 bits per heavy atom. The number of aromatic nitrogens is 1. The number of aliphatic carboxylic acids is 1. The van der Waals surface area contributed by atoms with Crippen LogP contribution < -0.4 is 0 Å². The summed E-state index contributed by atoms with van der Waals surface area (Å²) in [6.07, 6.45) is 2.35. The third-order valence-corrected chi connectivity index (χ3v) is 6.09. The van der Waals surface area contributed by atoms with Gasteiger partial charge >= 0.3 is 12.1 Å². The summed E-state index contributed by atoms with van der Waals surface area (Å²) in [4.78, 5) is 30.6. The van der Waals surface area contributed by atoms with E-state index in [1.54, 1.807) is 26.1 Å². The van der Waals surface area contributed by atoms with Crippen LogP contribution in [0.3, 0.4) is 0 Å². The fraction of sp³-hybridized carbons (Fsp3) is 0.240. The number of carboxylic acid groups (broad SMARTS) is 1. The Labute approximate surface area is 195 Å². The quantitative estimate of drug-likeness (QED) is 0.480. The number of nitrogens with zero attached hydrogens (tertiary/aromatic N) is 2. The molecule has 0 saturated carbocycles. The average molecular weight is 495 g/mol. The Hall–Kier alpha value is -3.19. The summed E-state index contributed by atoms with van der Waals surface area (Å²) in [5, 5.41) is 9.93. The van der Waals surface area contributed by atoms with Crippen molar-refractivity contribution in [1.29, 1.82) is 0 Å². The van der Waals surface area contributed by atoms with Gasteiger partial charge in [-0.2, -0.15) is 0 Å². The maximum atomic E-state index is 13.2. The minimum absolute atomic E-state index is 0.101. The number of fused-ring (bicyclic) bond motifs is 3. The van der Waals surface area contributed by atoms with Crippen LogP contribution in [-0.2, 0) is 9.53 Å². The molecule has 0 bridgehead atoms. The molecular formula is C25H23BrN2O4. The van der Waals surface area contributed by atoms with Crippen LogP contribution in [0.25, 0.3) is 11.1 Å². The number of halogens is 1. The molecule has 1 N–H and O–H groups in total. The molecule has 0 spiro atoms. The first-order chi connectivity index (χ1) is 15.4. The van der Waals surface area contributed by atoms with Gasteiger partial charge < -0.3 is 9.84 Å². The topological polar surface area (TPSA) is 79.7 Å². The molecule has 1 amide bonds. The van der Waals surface area contributed by atoms with Gasteiger partial charge in [0, 0.05) is 34.4 Å². The van der Waals surface area contributed by atoms with E-state index >= 15 is 0 Å². The highest BCUT2D eigenvalue weighted by Crippen LogP contribution is 2.44. The summed E-state index contributed by atoms with van der Waals surface area (Å²) in [5.74, 6) is -1.25. The number of pyridine rings is 1. The molecule has 7 heteroatoms. The van der Waals surface area contributed by atoms with Crippen LogP contribution in [0, 0.1) is 0 Å². The second kappa shape index (κ2) is 9.12. The van der Waals surface area contributed by atoms with Gasteiger partial charge in [-0.15, -0.1) is 0 Å². The molecule has 1 unspecified atom stereocenters. The smallest absolute Gasteiger partial charge is 0.411 e. The SMILES string of the molecule is CC(C)N(C(=O)OCC1c2ccccc2-c2ccccc21)C(C(=O)O)c1cncc(Br)c1. The summed E-state index contributed by atoms with van der Waals surface area (Å²) in [7, 11) is 0. The molecule has 6 nitrogen and oxygen atoms in total. The molecule has 164 valence electrons. The molecule has 3 aromatic rings. The molecule has 1 atom stereocenters. The fourth-order valence-electron chi connectivity index (χ4n) is 4.28. The van der Waals surface area contributed by atoms with Gasteiger partial charge in [0.05, 0.1) is 0 Å². The van der Waals surface area contributed by atoms with E-state index in [-0.39, 0.29) is 12.5 Å². The first-order valence-electron chi connectivity index (χ1n) is 10.3. The van der Waals surface area contributed by atoms with E-state index in [1.165, 1.54) is 11.1 Å². The summed E-state index contributed by atoms with van der Waals surface area (Å²) in [6, 6.07) is 16.2. The molecule has 0 fully saturated rings. The Morgan fingerprint density at radius 2 is 1.66 bits per heavy atom. The van der Waals surface area contributed by atoms with Crippen LogP contribution in [0.1, 0.15) is 42.5 Å². The highest BCUT2D eigenvalue weighted by molar-refractivity contribution is 9.10. The number of amides is 1. The van der Waals surface area contributed by atoms with E-state index < -0.39 is 24.1 Å². The molecule has 1 heterocycles. The van der Waals surface area contributed by atoms with E-state index in [4.69, 9.17) is 4.74 Å². The Morgan fingerprint density at radius 3 is 2.19 bits per heavy atom. The Bertz CT molecular complexity index is 1120. The van der Waals surface area contributed by atoms with Crippen molar-refractivity contribution in [2.24, 2.45) is 0 Å². The lowest BCUT2D eigenvalue weighted by Crippen LogP contribution is -2.44. The number of hydrogen-bond acceptors (Lipinski definition) is 4. The van der Waals surface area contributed by atoms with Crippen LogP contribution in [0.5, 0.6) is 0 Å². The van der Waals surface area contributed by atoms with Gasteiger partial charge in [-0.05, 0) is 58.1 Å². The summed E-state index contributed by atoms with van der Waals surface area (Å²) in [5.41, 5.74) is 4.86. The third kappa shape index (κ3) is 4.12. The lowest BCUT2D eigenvalue weighted by molar-refractivity contribution is -0.143. The number of ether oxygens (including phenoxy) is 1. The minimum Gasteiger partial charge on any atom is -0.479 e. The molecule has 0 radical (unpaired) electrons. The van der Waals surface area contributed by atoms with Crippen molar-refractivity contribution in [3.05, 3.63) is 88.2 Å². The summed E-state index contributed by atoms with van der Waals surface area (Å²) < 4.78 is 6.37. The highest BCUT2D eigenvalue weighted by Gasteiger charge is 2.36. The van der Waals surface area contributed by atoms with Crippen molar-refractivity contribution in [3.63, 3.8) is 0 Å². The maximum absolute atomic E-state index is 13.2. The Kier molecular flexibility index (Phi) is 6.28. The van der Waals surface area contributed by atoms with E-state index in [0.29, 0.717) is 10.0 Å². The first kappa shape index (κ1) is 22.0. The number of carboxylic acids is 1. The standard InChI is InChI=1S/C25H23BrN2O4/c1-15(2)28(23(24(29)30)16-11-17(26)13-27-12-16)25(31)32-14-22-20-9-5-3-7-18(20)19-8-4-6-10-21(19)22/h3-13,15,22-23H,14H2,1-2H3,(H,29,30). The van der Waals surface area contributed by atoms with Gasteiger partial charge in [-0.25, -0.2) is 9.59 Å². The van der Waals surface area contributed by atoms with Crippen molar-refractivity contribution < 1.29 is 19.4 Å². The van der Waals surface area contributed by atoms with E-state index in [0.717, 1.165) is 22.3 Å². The van der Waals surface area contributed by atoms with Crippen LogP contribution in [0.2, 0.25) is 0 Å². The van der Waals surface area contributed by atoms with Crippen LogP contribution in [0.15, 0.2) is 71.5 Å². The van der Waals surface area contributed by atoms with Gasteiger partial charge in [0.2, 0.25) is 0 Å². The second-order valence-corrected chi connectivity index (χ2v) is 8.90. The molecule has 1 aromatic heterocycles. The Balaban J connectivity index is 1.60. The number of hydrogen-bond donors (Lipinski definition) is 1. The zero-order valence-electron chi connectivity index (χ0n) is 17.7. The van der Waals surface area contributed by atoms with Gasteiger partial charge in [0.25, 0.3) is 0 Å². The van der Waals surface area contributed by atoms with Crippen LogP contribution in [0.4, 0.5) is 4.79 Å². The average Bonchev–Trinajstić information content (AvgIpc) is 3.09. The summed E-state index contributed by atoms with van der Waals surface area (Å²) >= 11 is 3.32. The number of benzene rings is 2. The van der Waals surface area contributed by atoms with Crippen molar-refractivity contribution >= 4 is 28.0 Å². The summed E-state index contributed by atoms with van der Waals surface area (Å²) in [6.45, 7) is 3.66. The predicted molar refractivity (Wildman–Crippen MR) is 124 cm³/mol. The molecular weight excluding hydrogens is 472 g/mol. The van der Waals surface area contributed by atoms with Gasteiger partial charge in [0.1, 0.15) is 6.61 Å². The lowest BCUT2D eigenvalue weighted by atomic mass is 9.98. The number of rotatable bonds is 6. The molecule has 2 aromatic carbocycles. The molecule has 0 aliphatic heterocycles. The minimum atomic E-state index is -1.21. The number of carbonyl (C=O) groups is 2. The first-order valence-corrected chi connectivity index (χ1v) is 11.1. The van der Waals surface area contributed by atoms with Crippen LogP contribution >= 0.6 is 15.9 Å². The zero-order valence-corrected chi connectivity index (χ0v) is 19.3. The van der Waals surface area contributed by atoms with E-state index in [1.807, 2.05) is 36.4 Å². The van der Waals surface area contributed by atoms with Crippen molar-refractivity contribution in [1.82, 2.24) is 9.88 Å². The van der Waals surface area contributed by atoms with Crippen molar-refractivity contribution in [2.75, 3.05) is 6.61 Å². The van der Waals surface area contributed by atoms with Gasteiger partial charge in [-0.1, -0.05) is 48.5 Å².